The molecule has 9 heteroatoms. The Labute approximate surface area is 192 Å². The molecule has 5 nitrogen and oxygen atoms in total. The fourth-order valence-corrected chi connectivity index (χ4v) is 6.73. The molecule has 4 heterocycles. The maximum absolute atomic E-state index is 6.34. The Morgan fingerprint density at radius 2 is 2.10 bits per heavy atom. The van der Waals surface area contributed by atoms with Crippen molar-refractivity contribution in [2.24, 2.45) is 5.92 Å². The predicted octanol–water partition coefficient (Wildman–Crippen LogP) is 6.10. The van der Waals surface area contributed by atoms with E-state index in [4.69, 9.17) is 21.3 Å². The van der Waals surface area contributed by atoms with Crippen molar-refractivity contribution in [2.75, 3.05) is 6.26 Å². The Hall–Kier alpha value is -1.32. The van der Waals surface area contributed by atoms with Crippen molar-refractivity contribution in [3.05, 3.63) is 45.3 Å². The minimum atomic E-state index is 0.229. The second kappa shape index (κ2) is 8.31. The van der Waals surface area contributed by atoms with Crippen LogP contribution in [-0.2, 0) is 23.5 Å². The Morgan fingerprint density at radius 1 is 1.27 bits per heavy atom. The van der Waals surface area contributed by atoms with Gasteiger partial charge in [-0.1, -0.05) is 67.2 Å². The van der Waals surface area contributed by atoms with Crippen LogP contribution in [0.15, 0.2) is 34.6 Å². The summed E-state index contributed by atoms with van der Waals surface area (Å²) in [4.78, 5) is 7.27. The second-order valence-corrected chi connectivity index (χ2v) is 10.8. The summed E-state index contributed by atoms with van der Waals surface area (Å²) in [5.74, 6) is 1.21. The number of ether oxygens (including phenoxy) is 1. The van der Waals surface area contributed by atoms with E-state index in [1.165, 1.54) is 10.4 Å². The van der Waals surface area contributed by atoms with Crippen molar-refractivity contribution in [1.29, 1.82) is 0 Å². The van der Waals surface area contributed by atoms with Gasteiger partial charge in [-0.15, -0.1) is 21.5 Å². The lowest BCUT2D eigenvalue weighted by atomic mass is 9.96. The van der Waals surface area contributed by atoms with Crippen molar-refractivity contribution in [3.63, 3.8) is 0 Å². The first-order valence-electron chi connectivity index (χ1n) is 9.78. The summed E-state index contributed by atoms with van der Waals surface area (Å²) in [7, 11) is 0. The van der Waals surface area contributed by atoms with E-state index in [1.54, 1.807) is 34.9 Å². The minimum absolute atomic E-state index is 0.229. The largest absolute Gasteiger partial charge is 0.372 e. The van der Waals surface area contributed by atoms with Gasteiger partial charge in [-0.2, -0.15) is 0 Å². The predicted molar refractivity (Wildman–Crippen MR) is 126 cm³/mol. The van der Waals surface area contributed by atoms with Crippen LogP contribution < -0.4 is 0 Å². The Bertz CT molecular complexity index is 1240. The van der Waals surface area contributed by atoms with E-state index >= 15 is 0 Å². The summed E-state index contributed by atoms with van der Waals surface area (Å²) >= 11 is 11.3. The highest BCUT2D eigenvalue weighted by Gasteiger charge is 2.29. The number of nitrogens with zero attached hydrogens (tertiary/aromatic N) is 4. The molecule has 30 heavy (non-hydrogen) atoms. The van der Waals surface area contributed by atoms with E-state index < -0.39 is 0 Å². The fourth-order valence-electron chi connectivity index (χ4n) is 3.74. The lowest BCUT2D eigenvalue weighted by Crippen LogP contribution is -2.26. The number of benzene rings is 1. The first-order chi connectivity index (χ1) is 14.6. The molecule has 0 spiro atoms. The highest BCUT2D eigenvalue weighted by Crippen LogP contribution is 2.40. The molecule has 156 valence electrons. The van der Waals surface area contributed by atoms with E-state index in [-0.39, 0.29) is 6.10 Å². The first-order valence-corrected chi connectivity index (χ1v) is 13.2. The van der Waals surface area contributed by atoms with Gasteiger partial charge >= 0.3 is 0 Å². The zero-order valence-corrected chi connectivity index (χ0v) is 20.1. The molecule has 5 rings (SSSR count). The molecular formula is C21H21ClN4OS3. The summed E-state index contributed by atoms with van der Waals surface area (Å²) in [6.45, 7) is 5.08. The number of thioether (sulfide) groups is 2. The maximum Gasteiger partial charge on any atom is 0.198 e. The van der Waals surface area contributed by atoms with E-state index in [9.17, 15) is 0 Å². The van der Waals surface area contributed by atoms with Crippen molar-refractivity contribution >= 4 is 62.3 Å². The number of hydrogen-bond donors (Lipinski definition) is 0. The Balaban J connectivity index is 1.60. The number of halogens is 1. The Kier molecular flexibility index (Phi) is 5.70. The summed E-state index contributed by atoms with van der Waals surface area (Å²) in [5, 5.41) is 12.8. The van der Waals surface area contributed by atoms with Gasteiger partial charge in [0, 0.05) is 22.1 Å². The molecule has 0 radical (unpaired) electrons. The Morgan fingerprint density at radius 3 is 2.87 bits per heavy atom. The molecule has 1 aliphatic rings. The number of hydrogen-bond acceptors (Lipinski definition) is 7. The molecule has 0 fully saturated rings. The zero-order valence-electron chi connectivity index (χ0n) is 16.9. The van der Waals surface area contributed by atoms with Gasteiger partial charge in [-0.3, -0.25) is 0 Å². The van der Waals surface area contributed by atoms with E-state index in [0.717, 1.165) is 48.9 Å². The van der Waals surface area contributed by atoms with Crippen molar-refractivity contribution in [1.82, 2.24) is 19.6 Å². The summed E-state index contributed by atoms with van der Waals surface area (Å²) in [6, 6.07) is 7.92. The van der Waals surface area contributed by atoms with Crippen LogP contribution in [0.3, 0.4) is 0 Å². The van der Waals surface area contributed by atoms with Crippen LogP contribution in [0.25, 0.3) is 15.9 Å². The topological polar surface area (TPSA) is 52.3 Å². The van der Waals surface area contributed by atoms with Gasteiger partial charge < -0.3 is 4.74 Å². The van der Waals surface area contributed by atoms with Crippen LogP contribution in [0.1, 0.15) is 29.9 Å². The maximum atomic E-state index is 6.34. The summed E-state index contributed by atoms with van der Waals surface area (Å²) < 4.78 is 8.18. The van der Waals surface area contributed by atoms with Gasteiger partial charge in [-0.05, 0) is 29.4 Å². The van der Waals surface area contributed by atoms with Gasteiger partial charge in [0.05, 0.1) is 18.1 Å². The highest BCUT2D eigenvalue weighted by molar-refractivity contribution is 7.99. The molecule has 0 bridgehead atoms. The molecule has 1 atom stereocenters. The van der Waals surface area contributed by atoms with E-state index in [2.05, 4.69) is 28.4 Å². The lowest BCUT2D eigenvalue weighted by molar-refractivity contribution is 0.00203. The fraction of sp³-hybridized carbons (Fsp3) is 0.381. The molecule has 0 saturated heterocycles. The third-order valence-electron chi connectivity index (χ3n) is 5.39. The highest BCUT2D eigenvalue weighted by atomic mass is 35.5. The standard InChI is InChI=1S/C21H21ClN4OS3/c1-11(2)15-8-13-16(9-27-15)30-19-17(13)18-24-25-21(26(18)20(23-19)28-3)29-10-12-6-4-5-7-14(12)22/h4-7,11,15H,8-10H2,1-3H3/t15-/m0/s1. The van der Waals surface area contributed by atoms with Crippen LogP contribution in [-0.4, -0.2) is 31.9 Å². The average molecular weight is 477 g/mol. The zero-order chi connectivity index (χ0) is 20.8. The third-order valence-corrected chi connectivity index (χ3v) is 8.48. The molecule has 3 aromatic heterocycles. The van der Waals surface area contributed by atoms with Crippen LogP contribution in [0, 0.1) is 5.92 Å². The molecule has 0 saturated carbocycles. The molecule has 0 amide bonds. The third kappa shape index (κ3) is 3.52. The van der Waals surface area contributed by atoms with Gasteiger partial charge in [0.25, 0.3) is 0 Å². The average Bonchev–Trinajstić information content (AvgIpc) is 3.32. The van der Waals surface area contributed by atoms with Crippen molar-refractivity contribution < 1.29 is 4.74 Å². The second-order valence-electron chi connectivity index (χ2n) is 7.60. The van der Waals surface area contributed by atoms with Crippen LogP contribution in [0.5, 0.6) is 0 Å². The first kappa shape index (κ1) is 20.6. The normalized spacial score (nSPS) is 16.6. The minimum Gasteiger partial charge on any atom is -0.372 e. The monoisotopic (exact) mass is 476 g/mol. The number of rotatable bonds is 5. The van der Waals surface area contributed by atoms with E-state index in [0.29, 0.717) is 12.5 Å². The van der Waals surface area contributed by atoms with Crippen LogP contribution in [0.4, 0.5) is 0 Å². The van der Waals surface area contributed by atoms with Gasteiger partial charge in [-0.25, -0.2) is 9.38 Å². The van der Waals surface area contributed by atoms with Crippen LogP contribution >= 0.6 is 46.5 Å². The van der Waals surface area contributed by atoms with Crippen LogP contribution in [0.2, 0.25) is 5.02 Å². The van der Waals surface area contributed by atoms with Crippen molar-refractivity contribution in [2.45, 2.75) is 49.0 Å². The molecule has 1 aromatic carbocycles. The lowest BCUT2D eigenvalue weighted by Gasteiger charge is -2.26. The summed E-state index contributed by atoms with van der Waals surface area (Å²) in [5.41, 5.74) is 3.32. The quantitative estimate of drug-likeness (QED) is 0.256. The smallest absolute Gasteiger partial charge is 0.198 e. The molecule has 0 unspecified atom stereocenters. The van der Waals surface area contributed by atoms with Gasteiger partial charge in [0.2, 0.25) is 0 Å². The molecule has 4 aromatic rings. The number of fused-ring (bicyclic) bond motifs is 5. The molecule has 1 aliphatic heterocycles. The van der Waals surface area contributed by atoms with E-state index in [1.807, 2.05) is 30.5 Å². The van der Waals surface area contributed by atoms with Gasteiger partial charge in [0.15, 0.2) is 16.0 Å². The van der Waals surface area contributed by atoms with Gasteiger partial charge in [0.1, 0.15) is 4.83 Å². The number of thiophene rings is 1. The molecular weight excluding hydrogens is 456 g/mol. The molecule has 0 aliphatic carbocycles. The molecule has 0 N–H and O–H groups in total. The SMILES string of the molecule is CSc1nc2sc3c(c2c2nnc(SCc4ccccc4Cl)n12)C[C@@H](C(C)C)OC3. The summed E-state index contributed by atoms with van der Waals surface area (Å²) in [6.07, 6.45) is 3.17. The number of aromatic nitrogens is 4. The van der Waals surface area contributed by atoms with Crippen molar-refractivity contribution in [3.8, 4) is 0 Å².